The lowest BCUT2D eigenvalue weighted by Crippen LogP contribution is -2.33. The SMILES string of the molecule is CCc1ccc(OC[C@@H]2COCCO2)nc1C#CCCc1ccccc1. The normalized spacial score (nSPS) is 16.6. The van der Waals surface area contributed by atoms with Crippen LogP contribution in [0.15, 0.2) is 42.5 Å². The van der Waals surface area contributed by atoms with E-state index in [1.54, 1.807) is 0 Å². The van der Waals surface area contributed by atoms with Gasteiger partial charge in [0.15, 0.2) is 0 Å². The summed E-state index contributed by atoms with van der Waals surface area (Å²) < 4.78 is 16.8. The second-order valence-electron chi connectivity index (χ2n) is 6.18. The first-order chi connectivity index (χ1) is 12.8. The number of benzene rings is 1. The largest absolute Gasteiger partial charge is 0.475 e. The molecule has 0 saturated carbocycles. The fourth-order valence-electron chi connectivity index (χ4n) is 2.75. The lowest BCUT2D eigenvalue weighted by molar-refractivity contribution is -0.102. The van der Waals surface area contributed by atoms with Crippen molar-refractivity contribution in [1.29, 1.82) is 0 Å². The van der Waals surface area contributed by atoms with Crippen LogP contribution in [0.25, 0.3) is 0 Å². The Labute approximate surface area is 155 Å². The van der Waals surface area contributed by atoms with Crippen LogP contribution in [0.5, 0.6) is 5.88 Å². The maximum atomic E-state index is 5.78. The summed E-state index contributed by atoms with van der Waals surface area (Å²) >= 11 is 0. The minimum absolute atomic E-state index is 0.0307. The molecule has 26 heavy (non-hydrogen) atoms. The zero-order valence-electron chi connectivity index (χ0n) is 15.2. The highest BCUT2D eigenvalue weighted by Crippen LogP contribution is 2.14. The molecule has 0 unspecified atom stereocenters. The van der Waals surface area contributed by atoms with Gasteiger partial charge in [-0.1, -0.05) is 49.2 Å². The van der Waals surface area contributed by atoms with E-state index in [1.807, 2.05) is 18.2 Å². The summed E-state index contributed by atoms with van der Waals surface area (Å²) in [7, 11) is 0. The van der Waals surface area contributed by atoms with E-state index in [-0.39, 0.29) is 6.10 Å². The van der Waals surface area contributed by atoms with Crippen molar-refractivity contribution in [3.05, 3.63) is 59.3 Å². The number of hydrogen-bond donors (Lipinski definition) is 0. The van der Waals surface area contributed by atoms with E-state index >= 15 is 0 Å². The van der Waals surface area contributed by atoms with Crippen LogP contribution in [0.4, 0.5) is 0 Å². The van der Waals surface area contributed by atoms with Gasteiger partial charge in [-0.3, -0.25) is 0 Å². The van der Waals surface area contributed by atoms with Gasteiger partial charge < -0.3 is 14.2 Å². The minimum atomic E-state index is -0.0307. The van der Waals surface area contributed by atoms with Crippen LogP contribution in [0, 0.1) is 11.8 Å². The summed E-state index contributed by atoms with van der Waals surface area (Å²) in [4.78, 5) is 4.58. The summed E-state index contributed by atoms with van der Waals surface area (Å²) in [5.41, 5.74) is 3.25. The van der Waals surface area contributed by atoms with Crippen LogP contribution >= 0.6 is 0 Å². The van der Waals surface area contributed by atoms with E-state index in [1.165, 1.54) is 5.56 Å². The van der Waals surface area contributed by atoms with Gasteiger partial charge in [0.25, 0.3) is 0 Å². The number of pyridine rings is 1. The van der Waals surface area contributed by atoms with Crippen LogP contribution in [-0.2, 0) is 22.3 Å². The summed E-state index contributed by atoms with van der Waals surface area (Å²) in [6, 6.07) is 14.3. The number of aromatic nitrogens is 1. The van der Waals surface area contributed by atoms with Gasteiger partial charge in [0.2, 0.25) is 5.88 Å². The van der Waals surface area contributed by atoms with Gasteiger partial charge in [0, 0.05) is 12.5 Å². The number of hydrogen-bond acceptors (Lipinski definition) is 4. The third kappa shape index (κ3) is 5.59. The van der Waals surface area contributed by atoms with E-state index in [2.05, 4.69) is 48.0 Å². The topological polar surface area (TPSA) is 40.6 Å². The van der Waals surface area contributed by atoms with Crippen molar-refractivity contribution in [2.24, 2.45) is 0 Å². The Hall–Kier alpha value is -2.35. The molecule has 1 fully saturated rings. The molecule has 2 aromatic rings. The predicted octanol–water partition coefficient (Wildman–Crippen LogP) is 3.42. The fourth-order valence-corrected chi connectivity index (χ4v) is 2.75. The molecule has 4 heteroatoms. The van der Waals surface area contributed by atoms with Crippen molar-refractivity contribution >= 4 is 0 Å². The average molecular weight is 351 g/mol. The van der Waals surface area contributed by atoms with E-state index < -0.39 is 0 Å². The summed E-state index contributed by atoms with van der Waals surface area (Å²) in [5, 5.41) is 0. The van der Waals surface area contributed by atoms with Gasteiger partial charge in [0.05, 0.1) is 19.8 Å². The molecule has 1 aliphatic heterocycles. The minimum Gasteiger partial charge on any atom is -0.475 e. The van der Waals surface area contributed by atoms with E-state index in [9.17, 15) is 0 Å². The van der Waals surface area contributed by atoms with Gasteiger partial charge in [-0.2, -0.15) is 0 Å². The monoisotopic (exact) mass is 351 g/mol. The Morgan fingerprint density at radius 1 is 1.15 bits per heavy atom. The van der Waals surface area contributed by atoms with Crippen molar-refractivity contribution in [1.82, 2.24) is 4.98 Å². The Morgan fingerprint density at radius 2 is 2.04 bits per heavy atom. The number of ether oxygens (including phenoxy) is 3. The molecule has 0 spiro atoms. The van der Waals surface area contributed by atoms with Crippen LogP contribution in [0.2, 0.25) is 0 Å². The third-order valence-electron chi connectivity index (χ3n) is 4.22. The van der Waals surface area contributed by atoms with Gasteiger partial charge in [-0.15, -0.1) is 0 Å². The average Bonchev–Trinajstić information content (AvgIpc) is 2.71. The standard InChI is InChI=1S/C22H25NO3/c1-2-19-12-13-22(26-17-20-16-24-14-15-25-20)23-21(19)11-7-6-10-18-8-4-3-5-9-18/h3-5,8-9,12-13,20H,2,6,10,14-17H2,1H3/t20-/m0/s1. The van der Waals surface area contributed by atoms with Crippen LogP contribution in [0.3, 0.4) is 0 Å². The third-order valence-corrected chi connectivity index (χ3v) is 4.22. The molecular formula is C22H25NO3. The van der Waals surface area contributed by atoms with Crippen molar-refractivity contribution < 1.29 is 14.2 Å². The van der Waals surface area contributed by atoms with Gasteiger partial charge in [-0.05, 0) is 29.9 Å². The Bertz CT molecular complexity index is 743. The van der Waals surface area contributed by atoms with E-state index in [4.69, 9.17) is 14.2 Å². The molecule has 1 aromatic heterocycles. The highest BCUT2D eigenvalue weighted by atomic mass is 16.6. The van der Waals surface area contributed by atoms with Crippen molar-refractivity contribution in [2.75, 3.05) is 26.4 Å². The van der Waals surface area contributed by atoms with Crippen LogP contribution < -0.4 is 4.74 Å². The predicted molar refractivity (Wildman–Crippen MR) is 101 cm³/mol. The fraction of sp³-hybridized carbons (Fsp3) is 0.409. The highest BCUT2D eigenvalue weighted by molar-refractivity contribution is 5.38. The molecule has 1 atom stereocenters. The van der Waals surface area contributed by atoms with E-state index in [0.29, 0.717) is 32.3 Å². The van der Waals surface area contributed by atoms with Gasteiger partial charge in [0.1, 0.15) is 18.4 Å². The lowest BCUT2D eigenvalue weighted by atomic mass is 10.1. The first-order valence-electron chi connectivity index (χ1n) is 9.20. The van der Waals surface area contributed by atoms with Crippen molar-refractivity contribution in [3.63, 3.8) is 0 Å². The highest BCUT2D eigenvalue weighted by Gasteiger charge is 2.15. The van der Waals surface area contributed by atoms with Gasteiger partial charge >= 0.3 is 0 Å². The maximum Gasteiger partial charge on any atom is 0.214 e. The van der Waals surface area contributed by atoms with E-state index in [0.717, 1.165) is 30.5 Å². The zero-order chi connectivity index (χ0) is 18.0. The maximum absolute atomic E-state index is 5.78. The Kier molecular flexibility index (Phi) is 7.06. The van der Waals surface area contributed by atoms with Crippen LogP contribution in [0.1, 0.15) is 30.2 Å². The summed E-state index contributed by atoms with van der Waals surface area (Å²) in [5.74, 6) is 7.05. The Balaban J connectivity index is 1.59. The molecule has 0 aliphatic carbocycles. The summed E-state index contributed by atoms with van der Waals surface area (Å²) in [6.45, 7) is 4.40. The molecule has 2 heterocycles. The van der Waals surface area contributed by atoms with Gasteiger partial charge in [-0.25, -0.2) is 4.98 Å². The molecule has 1 saturated heterocycles. The zero-order valence-corrected chi connectivity index (χ0v) is 15.2. The molecule has 0 radical (unpaired) electrons. The molecule has 136 valence electrons. The lowest BCUT2D eigenvalue weighted by Gasteiger charge is -2.22. The molecule has 0 amide bonds. The summed E-state index contributed by atoms with van der Waals surface area (Å²) in [6.07, 6.45) is 2.63. The van der Waals surface area contributed by atoms with Crippen molar-refractivity contribution in [3.8, 4) is 17.7 Å². The van der Waals surface area contributed by atoms with Crippen LogP contribution in [-0.4, -0.2) is 37.5 Å². The second-order valence-corrected chi connectivity index (χ2v) is 6.18. The first kappa shape index (κ1) is 18.4. The van der Waals surface area contributed by atoms with Crippen molar-refractivity contribution in [2.45, 2.75) is 32.3 Å². The molecule has 4 nitrogen and oxygen atoms in total. The molecule has 0 N–H and O–H groups in total. The Morgan fingerprint density at radius 3 is 2.81 bits per heavy atom. The molecule has 3 rings (SSSR count). The quantitative estimate of drug-likeness (QED) is 0.748. The first-order valence-corrected chi connectivity index (χ1v) is 9.20. The molecule has 1 aromatic carbocycles. The second kappa shape index (κ2) is 9.96. The number of rotatable bonds is 6. The number of nitrogens with zero attached hydrogens (tertiary/aromatic N) is 1. The molecular weight excluding hydrogens is 326 g/mol. The smallest absolute Gasteiger partial charge is 0.214 e. The molecule has 1 aliphatic rings. The number of aryl methyl sites for hydroxylation is 2. The molecule has 0 bridgehead atoms.